The van der Waals surface area contributed by atoms with Gasteiger partial charge in [-0.3, -0.25) is 14.4 Å². The summed E-state index contributed by atoms with van der Waals surface area (Å²) in [5, 5.41) is 3.97. The maximum absolute atomic E-state index is 13.6. The van der Waals surface area contributed by atoms with Gasteiger partial charge in [-0.05, 0) is 0 Å². The summed E-state index contributed by atoms with van der Waals surface area (Å²) in [5.41, 5.74) is 0.529. The lowest BCUT2D eigenvalue weighted by Gasteiger charge is -2.45. The van der Waals surface area contributed by atoms with Crippen LogP contribution >= 0.6 is 0 Å². The van der Waals surface area contributed by atoms with E-state index in [-0.39, 0.29) is 31.0 Å². The summed E-state index contributed by atoms with van der Waals surface area (Å²) in [6, 6.07) is -0.296. The Kier molecular flexibility index (Phi) is 3.90. The Hall–Kier alpha value is -1.54. The molecular weight excluding hydrogens is 294 g/mol. The van der Waals surface area contributed by atoms with Gasteiger partial charge in [0.05, 0.1) is 24.9 Å². The second kappa shape index (κ2) is 5.58. The van der Waals surface area contributed by atoms with Gasteiger partial charge in [-0.15, -0.1) is 0 Å². The average Bonchev–Trinajstić information content (AvgIpc) is 2.92. The molecule has 1 unspecified atom stereocenters. The van der Waals surface area contributed by atoms with Crippen molar-refractivity contribution in [2.45, 2.75) is 24.4 Å². The van der Waals surface area contributed by atoms with Gasteiger partial charge in [-0.1, -0.05) is 0 Å². The molecule has 1 amide bonds. The summed E-state index contributed by atoms with van der Waals surface area (Å²) in [5.74, 6) is -2.77. The molecule has 22 heavy (non-hydrogen) atoms. The molecule has 1 atom stereocenters. The van der Waals surface area contributed by atoms with Crippen molar-refractivity contribution in [2.75, 3.05) is 33.4 Å². The van der Waals surface area contributed by atoms with Crippen molar-refractivity contribution in [2.24, 2.45) is 7.05 Å². The van der Waals surface area contributed by atoms with Gasteiger partial charge in [-0.2, -0.15) is 5.10 Å². The Bertz CT molecular complexity index is 557. The highest BCUT2D eigenvalue weighted by atomic mass is 19.3. The molecule has 1 aromatic rings. The van der Waals surface area contributed by atoms with E-state index in [1.54, 1.807) is 27.7 Å². The first-order chi connectivity index (χ1) is 10.4. The molecule has 122 valence electrons. The van der Waals surface area contributed by atoms with Gasteiger partial charge in [0.25, 0.3) is 11.8 Å². The molecule has 3 heterocycles. The van der Waals surface area contributed by atoms with Crippen molar-refractivity contribution in [3.8, 4) is 0 Å². The summed E-state index contributed by atoms with van der Waals surface area (Å²) in [7, 11) is 3.27. The molecule has 1 aromatic heterocycles. The number of carbonyl (C=O) groups excluding carboxylic acids is 1. The molecule has 2 fully saturated rings. The average molecular weight is 314 g/mol. The van der Waals surface area contributed by atoms with E-state index in [1.807, 2.05) is 0 Å². The molecule has 2 aliphatic heterocycles. The molecule has 0 aromatic carbocycles. The molecule has 2 saturated heterocycles. The summed E-state index contributed by atoms with van der Waals surface area (Å²) in [4.78, 5) is 15.7. The van der Waals surface area contributed by atoms with Gasteiger partial charge in [0, 0.05) is 51.9 Å². The minimum absolute atomic E-state index is 0.0193. The quantitative estimate of drug-likeness (QED) is 0.817. The molecule has 0 N–H and O–H groups in total. The lowest BCUT2D eigenvalue weighted by atomic mass is 10.0. The number of hydrogen-bond acceptors (Lipinski definition) is 4. The lowest BCUT2D eigenvalue weighted by Crippen LogP contribution is -2.62. The third-order valence-corrected chi connectivity index (χ3v) is 4.35. The third kappa shape index (κ3) is 2.85. The van der Waals surface area contributed by atoms with Gasteiger partial charge >= 0.3 is 0 Å². The fourth-order valence-corrected chi connectivity index (χ4v) is 3.24. The van der Waals surface area contributed by atoms with E-state index in [0.717, 1.165) is 0 Å². The van der Waals surface area contributed by atoms with Crippen LogP contribution in [0.2, 0.25) is 0 Å². The second-order valence-electron chi connectivity index (χ2n) is 6.11. The van der Waals surface area contributed by atoms with Crippen LogP contribution in [0.15, 0.2) is 12.4 Å². The standard InChI is InChI=1S/C14H20F2N4O2/c1-18-5-10(4-17-18)13(21)19-6-12(7-19)20-9-14(15,16)3-11(20)8-22-2/h4-5,11-12H,3,6-9H2,1-2H3. The Morgan fingerprint density at radius 1 is 1.50 bits per heavy atom. The van der Waals surface area contributed by atoms with E-state index in [0.29, 0.717) is 25.3 Å². The maximum Gasteiger partial charge on any atom is 0.262 e. The number of aromatic nitrogens is 2. The zero-order chi connectivity index (χ0) is 15.9. The van der Waals surface area contributed by atoms with Crippen LogP contribution in [0, 0.1) is 0 Å². The number of methoxy groups -OCH3 is 1. The van der Waals surface area contributed by atoms with Gasteiger partial charge in [0.1, 0.15) is 0 Å². The number of aryl methyl sites for hydroxylation is 1. The lowest BCUT2D eigenvalue weighted by molar-refractivity contribution is -0.0136. The number of ether oxygens (including phenoxy) is 1. The third-order valence-electron chi connectivity index (χ3n) is 4.35. The molecule has 0 aliphatic carbocycles. The minimum Gasteiger partial charge on any atom is -0.383 e. The van der Waals surface area contributed by atoms with Crippen LogP contribution in [-0.4, -0.2) is 76.8 Å². The Morgan fingerprint density at radius 2 is 2.23 bits per heavy atom. The number of amides is 1. The van der Waals surface area contributed by atoms with Gasteiger partial charge in [-0.25, -0.2) is 8.78 Å². The monoisotopic (exact) mass is 314 g/mol. The summed E-state index contributed by atoms with van der Waals surface area (Å²) < 4.78 is 33.9. The first kappa shape index (κ1) is 15.4. The molecule has 2 aliphatic rings. The highest BCUT2D eigenvalue weighted by Crippen LogP contribution is 2.35. The molecule has 6 nitrogen and oxygen atoms in total. The normalized spacial score (nSPS) is 25.5. The number of likely N-dealkylation sites (tertiary alicyclic amines) is 2. The van der Waals surface area contributed by atoms with Crippen molar-refractivity contribution in [3.63, 3.8) is 0 Å². The van der Waals surface area contributed by atoms with Crippen molar-refractivity contribution < 1.29 is 18.3 Å². The van der Waals surface area contributed by atoms with Crippen molar-refractivity contribution >= 4 is 5.91 Å². The minimum atomic E-state index is -2.67. The maximum atomic E-state index is 13.6. The summed E-state index contributed by atoms with van der Waals surface area (Å²) >= 11 is 0. The Balaban J connectivity index is 1.59. The van der Waals surface area contributed by atoms with Crippen LogP contribution in [0.25, 0.3) is 0 Å². The fourth-order valence-electron chi connectivity index (χ4n) is 3.24. The highest BCUT2D eigenvalue weighted by Gasteiger charge is 2.50. The van der Waals surface area contributed by atoms with Crippen LogP contribution in [0.4, 0.5) is 8.78 Å². The van der Waals surface area contributed by atoms with E-state index < -0.39 is 5.92 Å². The SMILES string of the molecule is COCC1CC(F)(F)CN1C1CN(C(=O)c2cnn(C)c2)C1. The van der Waals surface area contributed by atoms with Crippen LogP contribution in [-0.2, 0) is 11.8 Å². The summed E-state index contributed by atoms with van der Waals surface area (Å²) in [6.07, 6.45) is 3.01. The zero-order valence-electron chi connectivity index (χ0n) is 12.7. The number of alkyl halides is 2. The Labute approximate surface area is 127 Å². The van der Waals surface area contributed by atoms with E-state index in [2.05, 4.69) is 5.10 Å². The molecule has 0 bridgehead atoms. The van der Waals surface area contributed by atoms with Gasteiger partial charge in [0.2, 0.25) is 0 Å². The van der Waals surface area contributed by atoms with Gasteiger partial charge in [0.15, 0.2) is 0 Å². The van der Waals surface area contributed by atoms with Crippen LogP contribution < -0.4 is 0 Å². The zero-order valence-corrected chi connectivity index (χ0v) is 12.7. The second-order valence-corrected chi connectivity index (χ2v) is 6.11. The largest absolute Gasteiger partial charge is 0.383 e. The first-order valence-corrected chi connectivity index (χ1v) is 7.30. The van der Waals surface area contributed by atoms with E-state index in [9.17, 15) is 13.6 Å². The Morgan fingerprint density at radius 3 is 2.82 bits per heavy atom. The number of halogens is 2. The first-order valence-electron chi connectivity index (χ1n) is 7.30. The topological polar surface area (TPSA) is 50.6 Å². The number of carbonyl (C=O) groups is 1. The molecular formula is C14H20F2N4O2. The van der Waals surface area contributed by atoms with E-state index >= 15 is 0 Å². The van der Waals surface area contributed by atoms with Crippen molar-refractivity contribution in [1.29, 1.82) is 0 Å². The van der Waals surface area contributed by atoms with Crippen LogP contribution in [0.1, 0.15) is 16.8 Å². The number of rotatable bonds is 4. The molecule has 0 radical (unpaired) electrons. The van der Waals surface area contributed by atoms with Crippen molar-refractivity contribution in [1.82, 2.24) is 19.6 Å². The van der Waals surface area contributed by atoms with E-state index in [1.165, 1.54) is 13.3 Å². The molecule has 0 spiro atoms. The predicted molar refractivity (Wildman–Crippen MR) is 74.8 cm³/mol. The molecule has 3 rings (SSSR count). The molecule has 8 heteroatoms. The highest BCUT2D eigenvalue weighted by molar-refractivity contribution is 5.94. The van der Waals surface area contributed by atoms with Crippen LogP contribution in [0.5, 0.6) is 0 Å². The predicted octanol–water partition coefficient (Wildman–Crippen LogP) is 0.600. The van der Waals surface area contributed by atoms with E-state index in [4.69, 9.17) is 4.74 Å². The van der Waals surface area contributed by atoms with Crippen LogP contribution in [0.3, 0.4) is 0 Å². The number of hydrogen-bond donors (Lipinski definition) is 0. The summed E-state index contributed by atoms with van der Waals surface area (Å²) in [6.45, 7) is 0.997. The number of nitrogens with zero attached hydrogens (tertiary/aromatic N) is 4. The molecule has 0 saturated carbocycles. The smallest absolute Gasteiger partial charge is 0.262 e. The van der Waals surface area contributed by atoms with Crippen molar-refractivity contribution in [3.05, 3.63) is 18.0 Å². The fraction of sp³-hybridized carbons (Fsp3) is 0.714. The van der Waals surface area contributed by atoms with Gasteiger partial charge < -0.3 is 9.64 Å².